The minimum Gasteiger partial charge on any atom is -0.270 e. The Morgan fingerprint density at radius 3 is 1.02 bits per heavy atom. The van der Waals surface area contributed by atoms with E-state index in [0.29, 0.717) is 13.1 Å². The first-order valence-corrected chi connectivity index (χ1v) is 14.5. The Kier molecular flexibility index (Phi) is 5.84. The fourth-order valence-electron chi connectivity index (χ4n) is 6.16. The van der Waals surface area contributed by atoms with Crippen molar-refractivity contribution in [2.24, 2.45) is 0 Å². The highest BCUT2D eigenvalue weighted by molar-refractivity contribution is 5.97. The highest BCUT2D eigenvalue weighted by Crippen LogP contribution is 2.18. The third-order valence-corrected chi connectivity index (χ3v) is 8.63. The summed E-state index contributed by atoms with van der Waals surface area (Å²) in [5.41, 5.74) is 4.15. The van der Waals surface area contributed by atoms with E-state index >= 15 is 0 Å². The van der Waals surface area contributed by atoms with Gasteiger partial charge in [-0.05, 0) is 34.4 Å². The molecule has 12 aliphatic heterocycles. The summed E-state index contributed by atoms with van der Waals surface area (Å²) in [6, 6.07) is 26.8. The molecular weight excluding hydrogens is 552 g/mol. The van der Waals surface area contributed by atoms with Crippen LogP contribution in [0.4, 0.5) is 0 Å². The highest BCUT2D eigenvalue weighted by atomic mass is 16.2. The third-order valence-electron chi connectivity index (χ3n) is 8.63. The van der Waals surface area contributed by atoms with Crippen molar-refractivity contribution >= 4 is 21.5 Å². The zero-order valence-corrected chi connectivity index (χ0v) is 23.6. The maximum atomic E-state index is 13.4. The Morgan fingerprint density at radius 2 is 0.705 bits per heavy atom. The molecule has 0 atom stereocenters. The summed E-state index contributed by atoms with van der Waals surface area (Å²) in [6.07, 6.45) is 8.23. The van der Waals surface area contributed by atoms with Crippen LogP contribution in [-0.2, 0) is 26.2 Å². The van der Waals surface area contributed by atoms with Gasteiger partial charge in [-0.2, -0.15) is 0 Å². The molecule has 3 aromatic carbocycles. The van der Waals surface area contributed by atoms with Crippen LogP contribution >= 0.6 is 0 Å². The van der Waals surface area contributed by atoms with Crippen LogP contribution in [0.15, 0.2) is 129 Å². The van der Waals surface area contributed by atoms with E-state index in [2.05, 4.69) is 58.2 Å². The molecule has 0 saturated heterocycles. The summed E-state index contributed by atoms with van der Waals surface area (Å²) >= 11 is 0. The van der Waals surface area contributed by atoms with Crippen LogP contribution in [0.3, 0.4) is 0 Å². The van der Waals surface area contributed by atoms with Gasteiger partial charge in [-0.25, -0.2) is 9.13 Å². The molecular formula is C36H26N4O4+2. The number of hydrogen-bond donors (Lipinski definition) is 0. The normalized spacial score (nSPS) is 13.0. The lowest BCUT2D eigenvalue weighted by atomic mass is 10.1. The van der Waals surface area contributed by atoms with Gasteiger partial charge in [0.15, 0.2) is 37.9 Å². The lowest BCUT2D eigenvalue weighted by molar-refractivity contribution is -0.688. The minimum absolute atomic E-state index is 0.0974. The molecule has 44 heavy (non-hydrogen) atoms. The molecule has 8 nitrogen and oxygen atoms in total. The van der Waals surface area contributed by atoms with Gasteiger partial charge in [0.1, 0.15) is 0 Å². The van der Waals surface area contributed by atoms with Gasteiger partial charge in [-0.3, -0.25) is 28.3 Å². The monoisotopic (exact) mass is 578 g/mol. The van der Waals surface area contributed by atoms with Gasteiger partial charge in [-0.15, -0.1) is 0 Å². The zero-order valence-electron chi connectivity index (χ0n) is 23.6. The maximum Gasteiger partial charge on any atom is 0.261 e. The van der Waals surface area contributed by atoms with E-state index in [0.717, 1.165) is 33.4 Å². The third kappa shape index (κ3) is 4.31. The molecule has 12 aliphatic rings. The topological polar surface area (TPSA) is 85.9 Å². The standard InChI is InChI=1S/C36H26N4O4/c41-33-29-17-31-32-18-30(29)34(42)39(33)21-25-5-1-23(2-6-25)19-37-13-9-27(10-14-37)28-11-15-38(16-12-28)20-24-3-7-26(8-4-24)22-40(35(31)43)36(32)44/h1-18H,19-22H2/q+2. The quantitative estimate of drug-likeness (QED) is 0.259. The Labute approximate surface area is 250 Å². The number of hydrogen-bond acceptors (Lipinski definition) is 4. The largest absolute Gasteiger partial charge is 0.270 e. The highest BCUT2D eigenvalue weighted by Gasteiger charge is 2.20. The van der Waals surface area contributed by atoms with Crippen LogP contribution < -0.4 is 31.4 Å². The Bertz CT molecular complexity index is 2180. The molecule has 8 heteroatoms. The van der Waals surface area contributed by atoms with E-state index in [-0.39, 0.29) is 34.6 Å². The molecule has 19 rings (SSSR count). The average molecular weight is 579 g/mol. The molecule has 0 fully saturated rings. The number of aromatic nitrogens is 4. The molecule has 0 N–H and O–H groups in total. The lowest BCUT2D eigenvalue weighted by Gasteiger charge is -2.05. The van der Waals surface area contributed by atoms with E-state index in [1.165, 1.54) is 21.3 Å². The van der Waals surface area contributed by atoms with Gasteiger partial charge < -0.3 is 0 Å². The molecule has 7 aromatic rings. The van der Waals surface area contributed by atoms with E-state index < -0.39 is 22.2 Å². The van der Waals surface area contributed by atoms with Gasteiger partial charge in [0, 0.05) is 35.4 Å². The Balaban J connectivity index is 1.25. The fraction of sp³-hybridized carbons (Fsp3) is 0.111. The van der Waals surface area contributed by atoms with Crippen LogP contribution in [0.2, 0.25) is 0 Å². The average Bonchev–Trinajstić information content (AvgIpc) is 3.42. The van der Waals surface area contributed by atoms with Crippen LogP contribution in [-0.4, -0.2) is 9.13 Å². The zero-order chi connectivity index (χ0) is 29.9. The Hall–Kier alpha value is -5.76. The molecule has 0 spiro atoms. The second-order valence-corrected chi connectivity index (χ2v) is 11.5. The fourth-order valence-corrected chi connectivity index (χ4v) is 6.16. The van der Waals surface area contributed by atoms with E-state index in [4.69, 9.17) is 0 Å². The Morgan fingerprint density at radius 1 is 0.409 bits per heavy atom. The molecule has 0 saturated carbocycles. The molecule has 0 aliphatic carbocycles. The van der Waals surface area contributed by atoms with Crippen molar-refractivity contribution in [3.05, 3.63) is 173 Å². The maximum absolute atomic E-state index is 13.4. The first kappa shape index (κ1) is 25.9. The molecule has 4 aromatic heterocycles. The summed E-state index contributed by atoms with van der Waals surface area (Å²) in [4.78, 5) is 53.4. The van der Waals surface area contributed by atoms with Crippen molar-refractivity contribution in [3.8, 4) is 11.1 Å². The minimum atomic E-state index is -0.467. The number of pyridine rings is 2. The SMILES string of the molecule is O=c1c2cc3c(=O)n4c(=O)c3cc2c(=O)n1Cc1ccc(cc1)C[n+]1ccc(cc1)-c1cc[n+](cc1)Cc1ccc(cc1)C4. The van der Waals surface area contributed by atoms with Crippen molar-refractivity contribution in [1.82, 2.24) is 9.13 Å². The lowest BCUT2D eigenvalue weighted by Crippen LogP contribution is -2.33. The predicted octanol–water partition coefficient (Wildman–Crippen LogP) is 2.66. The van der Waals surface area contributed by atoms with Crippen molar-refractivity contribution < 1.29 is 9.13 Å². The van der Waals surface area contributed by atoms with Crippen molar-refractivity contribution in [2.45, 2.75) is 26.2 Å². The molecule has 14 bridgehead atoms. The van der Waals surface area contributed by atoms with Gasteiger partial charge in [0.25, 0.3) is 22.2 Å². The second-order valence-electron chi connectivity index (χ2n) is 11.5. The van der Waals surface area contributed by atoms with Gasteiger partial charge >= 0.3 is 0 Å². The van der Waals surface area contributed by atoms with Crippen molar-refractivity contribution in [2.75, 3.05) is 0 Å². The molecule has 212 valence electrons. The van der Waals surface area contributed by atoms with Gasteiger partial charge in [0.2, 0.25) is 0 Å². The first-order valence-electron chi connectivity index (χ1n) is 14.5. The van der Waals surface area contributed by atoms with Gasteiger partial charge in [-0.1, -0.05) is 48.5 Å². The summed E-state index contributed by atoms with van der Waals surface area (Å²) < 4.78 is 6.55. The van der Waals surface area contributed by atoms with E-state index in [1.807, 2.05) is 48.5 Å². The number of nitrogens with zero attached hydrogens (tertiary/aromatic N) is 4. The second kappa shape index (κ2) is 9.91. The predicted molar refractivity (Wildman–Crippen MR) is 166 cm³/mol. The van der Waals surface area contributed by atoms with E-state index in [1.54, 1.807) is 0 Å². The molecule has 16 heterocycles. The van der Waals surface area contributed by atoms with Crippen LogP contribution in [0.1, 0.15) is 22.3 Å². The van der Waals surface area contributed by atoms with Crippen LogP contribution in [0.25, 0.3) is 32.7 Å². The smallest absolute Gasteiger partial charge is 0.261 e. The molecule has 0 radical (unpaired) electrons. The van der Waals surface area contributed by atoms with Crippen molar-refractivity contribution in [1.29, 1.82) is 0 Å². The number of benzene rings is 3. The summed E-state index contributed by atoms with van der Waals surface area (Å²) in [7, 11) is 0. The van der Waals surface area contributed by atoms with E-state index in [9.17, 15) is 19.2 Å². The van der Waals surface area contributed by atoms with Crippen LogP contribution in [0.5, 0.6) is 0 Å². The van der Waals surface area contributed by atoms with Crippen LogP contribution in [0, 0.1) is 0 Å². The molecule has 0 amide bonds. The van der Waals surface area contributed by atoms with Crippen molar-refractivity contribution in [3.63, 3.8) is 0 Å². The first-order chi connectivity index (χ1) is 21.4. The van der Waals surface area contributed by atoms with Gasteiger partial charge in [0.05, 0.1) is 34.6 Å². The summed E-state index contributed by atoms with van der Waals surface area (Å²) in [5.74, 6) is 0. The summed E-state index contributed by atoms with van der Waals surface area (Å²) in [6.45, 7) is 1.54. The summed E-state index contributed by atoms with van der Waals surface area (Å²) in [5, 5.41) is 0.612. The number of rotatable bonds is 0. The molecule has 0 unspecified atom stereocenters.